The Bertz CT molecular complexity index is 604. The fourth-order valence-corrected chi connectivity index (χ4v) is 3.49. The van der Waals surface area contributed by atoms with E-state index >= 15 is 0 Å². The molecule has 0 aromatic carbocycles. The number of aryl methyl sites for hydroxylation is 1. The normalized spacial score (nSPS) is 15.8. The molecular formula is C15H19N3O2S. The van der Waals surface area contributed by atoms with E-state index in [1.165, 1.54) is 11.8 Å². The van der Waals surface area contributed by atoms with E-state index in [1.54, 1.807) is 6.92 Å². The quantitative estimate of drug-likeness (QED) is 0.640. The molecule has 0 aliphatic heterocycles. The van der Waals surface area contributed by atoms with Crippen LogP contribution >= 0.6 is 11.8 Å². The van der Waals surface area contributed by atoms with Gasteiger partial charge < -0.3 is 5.11 Å². The Morgan fingerprint density at radius 2 is 2.14 bits per heavy atom. The van der Waals surface area contributed by atoms with Gasteiger partial charge in [0.2, 0.25) is 0 Å². The molecule has 112 valence electrons. The van der Waals surface area contributed by atoms with Crippen LogP contribution in [0, 0.1) is 23.7 Å². The van der Waals surface area contributed by atoms with Crippen molar-refractivity contribution in [1.29, 1.82) is 5.26 Å². The third kappa shape index (κ3) is 3.53. The number of aromatic carboxylic acids is 1. The van der Waals surface area contributed by atoms with Crippen LogP contribution in [0.15, 0.2) is 5.03 Å². The van der Waals surface area contributed by atoms with E-state index in [1.807, 2.05) is 13.8 Å². The fraction of sp³-hybridized carbons (Fsp3) is 0.600. The molecule has 1 aromatic heterocycles. The van der Waals surface area contributed by atoms with E-state index in [0.717, 1.165) is 18.6 Å². The van der Waals surface area contributed by atoms with Crippen molar-refractivity contribution in [2.75, 3.05) is 5.75 Å². The van der Waals surface area contributed by atoms with Crippen molar-refractivity contribution in [3.05, 3.63) is 17.1 Å². The standard InChI is InChI=1S/C15H19N3O2S/c1-9(2)12-17-10(3)11(14(19)20)13(18-12)21-8-15(4-5-15)6-7-16/h9H,4-6,8H2,1-3H3,(H,19,20). The maximum Gasteiger partial charge on any atom is 0.340 e. The highest BCUT2D eigenvalue weighted by atomic mass is 32.2. The van der Waals surface area contributed by atoms with Crippen molar-refractivity contribution in [2.45, 2.75) is 51.0 Å². The minimum Gasteiger partial charge on any atom is -0.478 e. The van der Waals surface area contributed by atoms with E-state index < -0.39 is 5.97 Å². The number of carbonyl (C=O) groups is 1. The van der Waals surface area contributed by atoms with Crippen LogP contribution in [0.5, 0.6) is 0 Å². The lowest BCUT2D eigenvalue weighted by Gasteiger charge is -2.14. The molecule has 21 heavy (non-hydrogen) atoms. The minimum absolute atomic E-state index is 0.0615. The summed E-state index contributed by atoms with van der Waals surface area (Å²) in [6.45, 7) is 5.69. The van der Waals surface area contributed by atoms with Crippen molar-refractivity contribution in [3.8, 4) is 6.07 Å². The molecule has 0 spiro atoms. The van der Waals surface area contributed by atoms with Crippen molar-refractivity contribution >= 4 is 17.7 Å². The van der Waals surface area contributed by atoms with Gasteiger partial charge in [-0.15, -0.1) is 11.8 Å². The first-order valence-electron chi connectivity index (χ1n) is 7.00. The van der Waals surface area contributed by atoms with Crippen LogP contribution in [0.3, 0.4) is 0 Å². The monoisotopic (exact) mass is 305 g/mol. The SMILES string of the molecule is Cc1nc(C(C)C)nc(SCC2(CC#N)CC2)c1C(=O)O. The van der Waals surface area contributed by atoms with E-state index in [9.17, 15) is 9.90 Å². The van der Waals surface area contributed by atoms with Gasteiger partial charge in [-0.25, -0.2) is 14.8 Å². The van der Waals surface area contributed by atoms with Gasteiger partial charge in [-0.3, -0.25) is 0 Å². The summed E-state index contributed by atoms with van der Waals surface area (Å²) in [6.07, 6.45) is 2.61. The predicted molar refractivity (Wildman–Crippen MR) is 80.4 cm³/mol. The second-order valence-electron chi connectivity index (χ2n) is 5.93. The Kier molecular flexibility index (Phi) is 4.52. The lowest BCUT2D eigenvalue weighted by Crippen LogP contribution is -2.12. The molecule has 0 bridgehead atoms. The van der Waals surface area contributed by atoms with Crippen LogP contribution < -0.4 is 0 Å². The molecule has 2 rings (SSSR count). The molecule has 5 nitrogen and oxygen atoms in total. The van der Waals surface area contributed by atoms with Crippen LogP contribution in [0.25, 0.3) is 0 Å². The summed E-state index contributed by atoms with van der Waals surface area (Å²) in [4.78, 5) is 20.2. The number of hydrogen-bond donors (Lipinski definition) is 1. The lowest BCUT2D eigenvalue weighted by molar-refractivity contribution is 0.0690. The molecule has 6 heteroatoms. The van der Waals surface area contributed by atoms with E-state index in [0.29, 0.717) is 23.0 Å². The Labute approximate surface area is 128 Å². The third-order valence-electron chi connectivity index (χ3n) is 3.73. The number of nitrogens with zero attached hydrogens (tertiary/aromatic N) is 3. The maximum atomic E-state index is 11.4. The summed E-state index contributed by atoms with van der Waals surface area (Å²) in [6, 6.07) is 2.22. The number of rotatable bonds is 6. The average Bonchev–Trinajstić information content (AvgIpc) is 3.16. The van der Waals surface area contributed by atoms with Gasteiger partial charge in [-0.1, -0.05) is 13.8 Å². The smallest absolute Gasteiger partial charge is 0.340 e. The molecule has 1 saturated carbocycles. The molecule has 1 aliphatic carbocycles. The molecule has 0 radical (unpaired) electrons. The van der Waals surface area contributed by atoms with Crippen molar-refractivity contribution in [3.63, 3.8) is 0 Å². The summed E-state index contributed by atoms with van der Waals surface area (Å²) < 4.78 is 0. The average molecular weight is 305 g/mol. The Balaban J connectivity index is 2.28. The zero-order chi connectivity index (χ0) is 15.6. The van der Waals surface area contributed by atoms with Gasteiger partial charge in [-0.05, 0) is 25.2 Å². The molecular weight excluding hydrogens is 286 g/mol. The first-order chi connectivity index (χ1) is 9.88. The van der Waals surface area contributed by atoms with Crippen molar-refractivity contribution in [1.82, 2.24) is 9.97 Å². The van der Waals surface area contributed by atoms with E-state index in [4.69, 9.17) is 5.26 Å². The molecule has 1 heterocycles. The lowest BCUT2D eigenvalue weighted by atomic mass is 10.1. The first kappa shape index (κ1) is 15.8. The summed E-state index contributed by atoms with van der Waals surface area (Å²) in [7, 11) is 0. The van der Waals surface area contributed by atoms with Gasteiger partial charge in [0.25, 0.3) is 0 Å². The van der Waals surface area contributed by atoms with Gasteiger partial charge in [0.15, 0.2) is 0 Å². The minimum atomic E-state index is -0.990. The Hall–Kier alpha value is -1.61. The Morgan fingerprint density at radius 3 is 2.62 bits per heavy atom. The summed E-state index contributed by atoms with van der Waals surface area (Å²) in [5.74, 6) is 0.579. The Morgan fingerprint density at radius 1 is 1.48 bits per heavy atom. The maximum absolute atomic E-state index is 11.4. The molecule has 1 N–H and O–H groups in total. The molecule has 1 fully saturated rings. The van der Waals surface area contributed by atoms with E-state index in [2.05, 4.69) is 16.0 Å². The van der Waals surface area contributed by atoms with E-state index in [-0.39, 0.29) is 16.9 Å². The molecule has 0 atom stereocenters. The van der Waals surface area contributed by atoms with Crippen LogP contribution in [0.2, 0.25) is 0 Å². The summed E-state index contributed by atoms with van der Waals surface area (Å²) >= 11 is 1.45. The first-order valence-corrected chi connectivity index (χ1v) is 7.99. The third-order valence-corrected chi connectivity index (χ3v) is 5.06. The fourth-order valence-electron chi connectivity index (χ4n) is 2.11. The largest absolute Gasteiger partial charge is 0.478 e. The van der Waals surface area contributed by atoms with Crippen molar-refractivity contribution < 1.29 is 9.90 Å². The highest BCUT2D eigenvalue weighted by Crippen LogP contribution is 2.51. The highest BCUT2D eigenvalue weighted by Gasteiger charge is 2.42. The van der Waals surface area contributed by atoms with Crippen LogP contribution in [-0.2, 0) is 0 Å². The number of carboxylic acid groups (broad SMARTS) is 1. The van der Waals surface area contributed by atoms with Gasteiger partial charge in [-0.2, -0.15) is 5.26 Å². The van der Waals surface area contributed by atoms with Crippen LogP contribution in [0.4, 0.5) is 0 Å². The highest BCUT2D eigenvalue weighted by molar-refractivity contribution is 7.99. The molecule has 1 aliphatic rings. The summed E-state index contributed by atoms with van der Waals surface area (Å²) in [5.41, 5.74) is 0.762. The number of nitriles is 1. The van der Waals surface area contributed by atoms with Gasteiger partial charge >= 0.3 is 5.97 Å². The molecule has 1 aromatic rings. The molecule has 0 unspecified atom stereocenters. The zero-order valence-electron chi connectivity index (χ0n) is 12.5. The number of carboxylic acids is 1. The van der Waals surface area contributed by atoms with Gasteiger partial charge in [0, 0.05) is 18.1 Å². The van der Waals surface area contributed by atoms with Crippen LogP contribution in [-0.4, -0.2) is 26.8 Å². The second-order valence-corrected chi connectivity index (χ2v) is 6.89. The number of thioether (sulfide) groups is 1. The predicted octanol–water partition coefficient (Wildman–Crippen LogP) is 3.39. The molecule has 0 amide bonds. The topological polar surface area (TPSA) is 86.9 Å². The number of aromatic nitrogens is 2. The van der Waals surface area contributed by atoms with Crippen molar-refractivity contribution in [2.24, 2.45) is 5.41 Å². The second kappa shape index (κ2) is 6.02. The summed E-state index contributed by atoms with van der Waals surface area (Å²) in [5, 5.41) is 18.8. The van der Waals surface area contributed by atoms with Gasteiger partial charge in [0.05, 0.1) is 11.8 Å². The number of hydrogen-bond acceptors (Lipinski definition) is 5. The zero-order valence-corrected chi connectivity index (χ0v) is 13.3. The van der Waals surface area contributed by atoms with Gasteiger partial charge in [0.1, 0.15) is 16.4 Å². The van der Waals surface area contributed by atoms with Crippen LogP contribution in [0.1, 0.15) is 60.9 Å². The molecule has 0 saturated heterocycles.